The van der Waals surface area contributed by atoms with E-state index in [-0.39, 0.29) is 23.2 Å². The van der Waals surface area contributed by atoms with Crippen LogP contribution >= 0.6 is 23.1 Å². The summed E-state index contributed by atoms with van der Waals surface area (Å²) in [5, 5.41) is 10.6. The van der Waals surface area contributed by atoms with E-state index in [1.165, 1.54) is 23.1 Å². The van der Waals surface area contributed by atoms with Gasteiger partial charge in [-0.15, -0.1) is 10.2 Å². The van der Waals surface area contributed by atoms with Gasteiger partial charge in [0, 0.05) is 5.56 Å². The highest BCUT2D eigenvalue weighted by Crippen LogP contribution is 2.29. The molecule has 0 aliphatic rings. The Morgan fingerprint density at radius 2 is 1.88 bits per heavy atom. The van der Waals surface area contributed by atoms with Crippen LogP contribution in [0.4, 0.5) is 5.13 Å². The van der Waals surface area contributed by atoms with Crippen LogP contribution in [0, 0.1) is 0 Å². The summed E-state index contributed by atoms with van der Waals surface area (Å²) in [6.45, 7) is 7.71. The van der Waals surface area contributed by atoms with Gasteiger partial charge in [0.15, 0.2) is 4.34 Å². The first kappa shape index (κ1) is 20.2. The smallest absolute Gasteiger partial charge is 0.319 e. The van der Waals surface area contributed by atoms with Gasteiger partial charge in [-0.3, -0.25) is 14.9 Å². The van der Waals surface area contributed by atoms with Gasteiger partial charge < -0.3 is 9.47 Å². The highest BCUT2D eigenvalue weighted by Gasteiger charge is 2.18. The molecular weight excluding hydrogens is 374 g/mol. The number of esters is 1. The lowest BCUT2D eigenvalue weighted by Gasteiger charge is -2.09. The largest absolute Gasteiger partial charge is 0.491 e. The van der Waals surface area contributed by atoms with Crippen molar-refractivity contribution in [3.05, 3.63) is 29.8 Å². The fourth-order valence-electron chi connectivity index (χ4n) is 1.89. The Hall–Kier alpha value is -2.13. The Morgan fingerprint density at radius 1 is 1.19 bits per heavy atom. The molecule has 0 radical (unpaired) electrons. The van der Waals surface area contributed by atoms with E-state index in [1.807, 2.05) is 13.8 Å². The molecular formula is C17H21N3O4S2. The lowest BCUT2D eigenvalue weighted by atomic mass is 10.2. The minimum absolute atomic E-state index is 0.0731. The number of nitrogens with one attached hydrogen (secondary N) is 1. The molecule has 1 aromatic carbocycles. The molecule has 2 rings (SSSR count). The average molecular weight is 396 g/mol. The first-order valence-corrected chi connectivity index (χ1v) is 9.83. The van der Waals surface area contributed by atoms with Crippen LogP contribution in [0.3, 0.4) is 0 Å². The first-order chi connectivity index (χ1) is 12.4. The third kappa shape index (κ3) is 5.99. The summed E-state index contributed by atoms with van der Waals surface area (Å²) in [5.41, 5.74) is 0.491. The van der Waals surface area contributed by atoms with Crippen LogP contribution in [0.5, 0.6) is 5.75 Å². The Morgan fingerprint density at radius 3 is 2.50 bits per heavy atom. The van der Waals surface area contributed by atoms with Gasteiger partial charge in [0.1, 0.15) is 11.0 Å². The molecule has 0 saturated carbocycles. The zero-order valence-corrected chi connectivity index (χ0v) is 16.6. The van der Waals surface area contributed by atoms with Gasteiger partial charge in [-0.25, -0.2) is 0 Å². The number of nitrogens with zero attached hydrogens (tertiary/aromatic N) is 2. The summed E-state index contributed by atoms with van der Waals surface area (Å²) in [5.74, 6) is 0.119. The fraction of sp³-hybridized carbons (Fsp3) is 0.412. The van der Waals surface area contributed by atoms with Crippen LogP contribution in [-0.4, -0.2) is 40.0 Å². The van der Waals surface area contributed by atoms with Crippen molar-refractivity contribution in [2.75, 3.05) is 11.9 Å². The quantitative estimate of drug-likeness (QED) is 0.415. The summed E-state index contributed by atoms with van der Waals surface area (Å²) in [4.78, 5) is 23.9. The number of anilines is 1. The molecule has 26 heavy (non-hydrogen) atoms. The summed E-state index contributed by atoms with van der Waals surface area (Å²) in [6.07, 6.45) is 0.0731. The molecule has 0 aliphatic carbocycles. The van der Waals surface area contributed by atoms with Crippen molar-refractivity contribution in [2.45, 2.75) is 43.4 Å². The summed E-state index contributed by atoms with van der Waals surface area (Å²) >= 11 is 2.45. The van der Waals surface area contributed by atoms with Crippen molar-refractivity contribution in [2.24, 2.45) is 0 Å². The van der Waals surface area contributed by atoms with Crippen molar-refractivity contribution in [3.8, 4) is 5.75 Å². The van der Waals surface area contributed by atoms with Crippen LogP contribution in [0.2, 0.25) is 0 Å². The molecule has 0 bridgehead atoms. The highest BCUT2D eigenvalue weighted by atomic mass is 32.2. The zero-order chi connectivity index (χ0) is 19.1. The molecule has 7 nitrogen and oxygen atoms in total. The van der Waals surface area contributed by atoms with E-state index >= 15 is 0 Å². The van der Waals surface area contributed by atoms with E-state index < -0.39 is 0 Å². The SMILES string of the molecule is CCOC(=O)C(C)Sc1nnc(NC(=O)c2ccc(OC(C)C)cc2)s1. The monoisotopic (exact) mass is 395 g/mol. The molecule has 1 aromatic heterocycles. The van der Waals surface area contributed by atoms with Crippen molar-refractivity contribution < 1.29 is 19.1 Å². The van der Waals surface area contributed by atoms with E-state index in [0.29, 0.717) is 27.4 Å². The topological polar surface area (TPSA) is 90.4 Å². The highest BCUT2D eigenvalue weighted by molar-refractivity contribution is 8.02. The van der Waals surface area contributed by atoms with Gasteiger partial charge in [0.25, 0.3) is 5.91 Å². The number of hydrogen-bond acceptors (Lipinski definition) is 8. The molecule has 0 fully saturated rings. The van der Waals surface area contributed by atoms with Gasteiger partial charge in [-0.1, -0.05) is 23.1 Å². The maximum Gasteiger partial charge on any atom is 0.319 e. The molecule has 0 saturated heterocycles. The van der Waals surface area contributed by atoms with Crippen LogP contribution in [0.25, 0.3) is 0 Å². The molecule has 1 atom stereocenters. The summed E-state index contributed by atoms with van der Waals surface area (Å²) in [7, 11) is 0. The lowest BCUT2D eigenvalue weighted by molar-refractivity contribution is -0.142. The molecule has 1 amide bonds. The second-order valence-corrected chi connectivity index (χ2v) is 8.10. The number of aromatic nitrogens is 2. The molecule has 1 heterocycles. The maximum atomic E-state index is 12.3. The molecule has 140 valence electrons. The normalized spacial score (nSPS) is 11.9. The molecule has 2 aromatic rings. The third-order valence-electron chi connectivity index (χ3n) is 3.01. The molecule has 0 spiro atoms. The number of hydrogen-bond donors (Lipinski definition) is 1. The minimum atomic E-state index is -0.389. The van der Waals surface area contributed by atoms with E-state index in [4.69, 9.17) is 9.47 Å². The predicted octanol–water partition coefficient (Wildman–Crippen LogP) is 3.62. The van der Waals surface area contributed by atoms with E-state index in [1.54, 1.807) is 38.1 Å². The van der Waals surface area contributed by atoms with Gasteiger partial charge in [-0.2, -0.15) is 0 Å². The van der Waals surface area contributed by atoms with Crippen molar-refractivity contribution >= 4 is 40.1 Å². The second kappa shape index (κ2) is 9.54. The summed E-state index contributed by atoms with van der Waals surface area (Å²) < 4.78 is 11.1. The predicted molar refractivity (Wildman–Crippen MR) is 102 cm³/mol. The maximum absolute atomic E-state index is 12.3. The van der Waals surface area contributed by atoms with Gasteiger partial charge in [0.2, 0.25) is 5.13 Å². The Bertz CT molecular complexity index is 747. The minimum Gasteiger partial charge on any atom is -0.491 e. The number of carbonyl (C=O) groups is 2. The number of benzene rings is 1. The summed E-state index contributed by atoms with van der Waals surface area (Å²) in [6, 6.07) is 6.87. The van der Waals surface area contributed by atoms with Crippen molar-refractivity contribution in [1.82, 2.24) is 10.2 Å². The van der Waals surface area contributed by atoms with E-state index in [0.717, 1.165) is 0 Å². The molecule has 1 unspecified atom stereocenters. The Labute approximate surface area is 160 Å². The van der Waals surface area contributed by atoms with Crippen LogP contribution in [-0.2, 0) is 9.53 Å². The van der Waals surface area contributed by atoms with E-state index in [2.05, 4.69) is 15.5 Å². The van der Waals surface area contributed by atoms with Crippen LogP contribution in [0.15, 0.2) is 28.6 Å². The molecule has 1 N–H and O–H groups in total. The first-order valence-electron chi connectivity index (χ1n) is 8.14. The Balaban J connectivity index is 1.93. The zero-order valence-electron chi connectivity index (χ0n) is 15.0. The molecule has 9 heteroatoms. The molecule has 0 aliphatic heterocycles. The number of carbonyl (C=O) groups excluding carboxylic acids is 2. The number of amides is 1. The van der Waals surface area contributed by atoms with Gasteiger partial charge in [0.05, 0.1) is 12.7 Å². The van der Waals surface area contributed by atoms with Crippen molar-refractivity contribution in [1.29, 1.82) is 0 Å². The number of rotatable bonds is 8. The van der Waals surface area contributed by atoms with E-state index in [9.17, 15) is 9.59 Å². The lowest BCUT2D eigenvalue weighted by Crippen LogP contribution is -2.16. The standard InChI is InChI=1S/C17H21N3O4S2/c1-5-23-15(22)11(4)25-17-20-19-16(26-17)18-14(21)12-6-8-13(9-7-12)24-10(2)3/h6-11H,5H2,1-4H3,(H,18,19,21). The van der Waals surface area contributed by atoms with Crippen LogP contribution < -0.4 is 10.1 Å². The fourth-order valence-corrected chi connectivity index (χ4v) is 3.78. The third-order valence-corrected chi connectivity index (χ3v) is 5.01. The average Bonchev–Trinajstić information content (AvgIpc) is 3.02. The van der Waals surface area contributed by atoms with Gasteiger partial charge >= 0.3 is 5.97 Å². The van der Waals surface area contributed by atoms with Gasteiger partial charge in [-0.05, 0) is 52.0 Å². The van der Waals surface area contributed by atoms with Crippen LogP contribution in [0.1, 0.15) is 38.1 Å². The van der Waals surface area contributed by atoms with Crippen molar-refractivity contribution in [3.63, 3.8) is 0 Å². The second-order valence-electron chi connectivity index (χ2n) is 5.53. The Kier molecular flexibility index (Phi) is 7.40. The number of thioether (sulfide) groups is 1. The number of ether oxygens (including phenoxy) is 2.